The van der Waals surface area contributed by atoms with Crippen molar-refractivity contribution in [2.45, 2.75) is 26.7 Å². The number of sulfonamides is 1. The lowest BCUT2D eigenvalue weighted by Gasteiger charge is -2.09. The van der Waals surface area contributed by atoms with Gasteiger partial charge in [-0.05, 0) is 37.6 Å². The van der Waals surface area contributed by atoms with E-state index >= 15 is 0 Å². The maximum atomic E-state index is 12.2. The van der Waals surface area contributed by atoms with Crippen molar-refractivity contribution in [3.63, 3.8) is 0 Å². The third-order valence-electron chi connectivity index (χ3n) is 3.78. The molecule has 29 heavy (non-hydrogen) atoms. The zero-order chi connectivity index (χ0) is 21.6. The summed E-state index contributed by atoms with van der Waals surface area (Å²) in [5.41, 5.74) is 0.960. The first kappa shape index (κ1) is 23.1. The summed E-state index contributed by atoms with van der Waals surface area (Å²) in [6.07, 6.45) is 2.95. The Morgan fingerprint density at radius 2 is 2.07 bits per heavy atom. The van der Waals surface area contributed by atoms with E-state index in [1.165, 1.54) is 16.8 Å². The number of aryl methyl sites for hydroxylation is 2. The van der Waals surface area contributed by atoms with Gasteiger partial charge in [0.1, 0.15) is 5.75 Å². The normalized spacial score (nSPS) is 11.6. The van der Waals surface area contributed by atoms with E-state index in [0.717, 1.165) is 18.2 Å². The predicted molar refractivity (Wildman–Crippen MR) is 114 cm³/mol. The minimum atomic E-state index is -4.01. The summed E-state index contributed by atoms with van der Waals surface area (Å²) in [7, 11) is -2.36. The Hall–Kier alpha value is -2.23. The molecule has 2 amide bonds. The smallest absolute Gasteiger partial charge is 0.328 e. The van der Waals surface area contributed by atoms with Gasteiger partial charge in [0.2, 0.25) is 5.88 Å². The quantitative estimate of drug-likeness (QED) is 0.573. The van der Waals surface area contributed by atoms with Crippen LogP contribution in [0.4, 0.5) is 4.79 Å². The van der Waals surface area contributed by atoms with Crippen molar-refractivity contribution < 1.29 is 17.9 Å². The molecular weight excluding hydrogens is 439 g/mol. The molecule has 0 aliphatic rings. The molecular formula is C18H22Cl2N4O4S. The Balaban J connectivity index is 2.21. The van der Waals surface area contributed by atoms with Crippen LogP contribution in [0.5, 0.6) is 11.6 Å². The average Bonchev–Trinajstić information content (AvgIpc) is 2.88. The molecule has 2 aromatic rings. The number of ether oxygens (including phenoxy) is 1. The number of nitrogens with one attached hydrogen (secondary N) is 2. The standard InChI is InChI=1S/C18H22Cl2N4O4S/c1-4-5-9-21-18(25)23-29(26,27)10-8-14-12(2)22-24(3)17(14)28-16-7-6-13(19)11-15(16)20/h6-8,10-11H,4-5,9H2,1-3H3,(H2,21,23,25)/b10-8+. The number of amides is 2. The van der Waals surface area contributed by atoms with E-state index in [-0.39, 0.29) is 5.88 Å². The van der Waals surface area contributed by atoms with Crippen LogP contribution in [0.1, 0.15) is 31.0 Å². The van der Waals surface area contributed by atoms with E-state index in [0.29, 0.717) is 33.6 Å². The Morgan fingerprint density at radius 3 is 2.72 bits per heavy atom. The largest absolute Gasteiger partial charge is 0.437 e. The van der Waals surface area contributed by atoms with Crippen molar-refractivity contribution in [3.8, 4) is 11.6 Å². The lowest BCUT2D eigenvalue weighted by molar-refractivity contribution is 0.246. The lowest BCUT2D eigenvalue weighted by Crippen LogP contribution is -2.38. The van der Waals surface area contributed by atoms with Gasteiger partial charge < -0.3 is 10.1 Å². The number of hydrogen-bond acceptors (Lipinski definition) is 5. The van der Waals surface area contributed by atoms with E-state index in [1.807, 2.05) is 11.6 Å². The zero-order valence-corrected chi connectivity index (χ0v) is 18.5. The molecule has 0 unspecified atom stereocenters. The van der Waals surface area contributed by atoms with Crippen LogP contribution in [0.2, 0.25) is 10.0 Å². The highest BCUT2D eigenvalue weighted by molar-refractivity contribution is 7.93. The number of carbonyl (C=O) groups excluding carboxylic acids is 1. The molecule has 0 aliphatic carbocycles. The molecule has 0 saturated heterocycles. The number of benzene rings is 1. The fourth-order valence-corrected chi connectivity index (χ4v) is 3.52. The number of rotatable bonds is 8. The fraction of sp³-hybridized carbons (Fsp3) is 0.333. The minimum Gasteiger partial charge on any atom is -0.437 e. The van der Waals surface area contributed by atoms with E-state index in [1.54, 1.807) is 26.1 Å². The van der Waals surface area contributed by atoms with E-state index in [9.17, 15) is 13.2 Å². The molecule has 2 N–H and O–H groups in total. The molecule has 0 fully saturated rings. The molecule has 0 atom stereocenters. The molecule has 0 spiro atoms. The maximum absolute atomic E-state index is 12.2. The summed E-state index contributed by atoms with van der Waals surface area (Å²) in [4.78, 5) is 11.7. The van der Waals surface area contributed by atoms with Crippen LogP contribution in [-0.2, 0) is 17.1 Å². The monoisotopic (exact) mass is 460 g/mol. The molecule has 0 saturated carbocycles. The Kier molecular flexibility index (Phi) is 7.95. The summed E-state index contributed by atoms with van der Waals surface area (Å²) < 4.78 is 33.5. The first-order chi connectivity index (χ1) is 13.6. The maximum Gasteiger partial charge on any atom is 0.328 e. The van der Waals surface area contributed by atoms with Gasteiger partial charge >= 0.3 is 6.03 Å². The van der Waals surface area contributed by atoms with Crippen molar-refractivity contribution in [1.29, 1.82) is 0 Å². The summed E-state index contributed by atoms with van der Waals surface area (Å²) >= 11 is 12.0. The zero-order valence-electron chi connectivity index (χ0n) is 16.2. The molecule has 2 rings (SSSR count). The van der Waals surface area contributed by atoms with Crippen molar-refractivity contribution in [3.05, 3.63) is 44.9 Å². The van der Waals surface area contributed by atoms with E-state index in [2.05, 4.69) is 10.4 Å². The summed E-state index contributed by atoms with van der Waals surface area (Å²) in [5.74, 6) is 0.621. The first-order valence-corrected chi connectivity index (χ1v) is 11.1. The minimum absolute atomic E-state index is 0.283. The number of urea groups is 1. The molecule has 1 aromatic carbocycles. The highest BCUT2D eigenvalue weighted by Crippen LogP contribution is 2.34. The van der Waals surface area contributed by atoms with Crippen molar-refractivity contribution in [2.24, 2.45) is 7.05 Å². The lowest BCUT2D eigenvalue weighted by atomic mass is 10.2. The number of unbranched alkanes of at least 4 members (excludes halogenated alkanes) is 1. The number of hydrogen-bond donors (Lipinski definition) is 2. The predicted octanol–water partition coefficient (Wildman–Crippen LogP) is 4.23. The van der Waals surface area contributed by atoms with E-state index in [4.69, 9.17) is 27.9 Å². The highest BCUT2D eigenvalue weighted by atomic mass is 35.5. The van der Waals surface area contributed by atoms with Crippen LogP contribution in [0.25, 0.3) is 6.08 Å². The van der Waals surface area contributed by atoms with Crippen LogP contribution in [0, 0.1) is 6.92 Å². The third-order valence-corrected chi connectivity index (χ3v) is 5.27. The molecule has 1 heterocycles. The van der Waals surface area contributed by atoms with Crippen molar-refractivity contribution in [2.75, 3.05) is 6.54 Å². The van der Waals surface area contributed by atoms with Gasteiger partial charge in [0.05, 0.1) is 21.7 Å². The number of aromatic nitrogens is 2. The van der Waals surface area contributed by atoms with Crippen LogP contribution < -0.4 is 14.8 Å². The molecule has 0 radical (unpaired) electrons. The van der Waals surface area contributed by atoms with Gasteiger partial charge in [-0.2, -0.15) is 5.10 Å². The second-order valence-corrected chi connectivity index (χ2v) is 8.57. The SMILES string of the molecule is CCCCNC(=O)NS(=O)(=O)/C=C/c1c(C)nn(C)c1Oc1ccc(Cl)cc1Cl. The third kappa shape index (κ3) is 6.66. The Labute approximate surface area is 179 Å². The number of halogens is 2. The Bertz CT molecular complexity index is 1020. The molecule has 0 bridgehead atoms. The average molecular weight is 461 g/mol. The number of carbonyl (C=O) groups is 1. The second-order valence-electron chi connectivity index (χ2n) is 6.16. The van der Waals surface area contributed by atoms with Gasteiger partial charge in [0.15, 0.2) is 0 Å². The fourth-order valence-electron chi connectivity index (χ4n) is 2.36. The second kappa shape index (κ2) is 10.00. The molecule has 158 valence electrons. The van der Waals surface area contributed by atoms with Gasteiger partial charge in [0.25, 0.3) is 10.0 Å². The van der Waals surface area contributed by atoms with Crippen LogP contribution >= 0.6 is 23.2 Å². The van der Waals surface area contributed by atoms with Crippen LogP contribution in [-0.4, -0.2) is 30.8 Å². The first-order valence-electron chi connectivity index (χ1n) is 8.78. The summed E-state index contributed by atoms with van der Waals surface area (Å²) in [6.45, 7) is 4.06. The Morgan fingerprint density at radius 1 is 1.34 bits per heavy atom. The summed E-state index contributed by atoms with van der Waals surface area (Å²) in [6, 6.07) is 3.96. The van der Waals surface area contributed by atoms with Crippen molar-refractivity contribution >= 4 is 45.3 Å². The summed E-state index contributed by atoms with van der Waals surface area (Å²) in [5, 5.41) is 8.36. The van der Waals surface area contributed by atoms with Gasteiger partial charge in [-0.1, -0.05) is 36.5 Å². The van der Waals surface area contributed by atoms with Gasteiger partial charge in [-0.25, -0.2) is 22.6 Å². The molecule has 11 heteroatoms. The van der Waals surface area contributed by atoms with Crippen molar-refractivity contribution in [1.82, 2.24) is 19.8 Å². The van der Waals surface area contributed by atoms with Gasteiger partial charge in [-0.15, -0.1) is 0 Å². The molecule has 8 nitrogen and oxygen atoms in total. The number of nitrogens with zero attached hydrogens (tertiary/aromatic N) is 2. The molecule has 1 aromatic heterocycles. The topological polar surface area (TPSA) is 102 Å². The molecule has 0 aliphatic heterocycles. The van der Waals surface area contributed by atoms with E-state index < -0.39 is 16.1 Å². The van der Waals surface area contributed by atoms with Gasteiger partial charge in [-0.3, -0.25) is 0 Å². The van der Waals surface area contributed by atoms with Crippen LogP contribution in [0.15, 0.2) is 23.6 Å². The van der Waals surface area contributed by atoms with Crippen LogP contribution in [0.3, 0.4) is 0 Å². The highest BCUT2D eigenvalue weighted by Gasteiger charge is 2.17. The van der Waals surface area contributed by atoms with Gasteiger partial charge in [0, 0.05) is 18.6 Å².